The molecule has 4 aliphatic carbocycles. The summed E-state index contributed by atoms with van der Waals surface area (Å²) in [5, 5.41) is 9.77. The predicted molar refractivity (Wildman–Crippen MR) is 62.3 cm³/mol. The molecule has 4 unspecified atom stereocenters. The second kappa shape index (κ2) is 3.06. The molecule has 5 rings (SSSR count). The molecule has 3 heteroatoms. The molecule has 5 fully saturated rings. The van der Waals surface area contributed by atoms with Crippen LogP contribution in [0.5, 0.6) is 0 Å². The van der Waals surface area contributed by atoms with Crippen molar-refractivity contribution in [2.24, 2.45) is 22.7 Å². The molecule has 0 spiro atoms. The fraction of sp³-hybridized carbons (Fsp3) is 1.00. The zero-order chi connectivity index (χ0) is 11.7. The van der Waals surface area contributed by atoms with Gasteiger partial charge in [0.25, 0.3) is 0 Å². The van der Waals surface area contributed by atoms with Gasteiger partial charge in [0.05, 0.1) is 13.2 Å². The van der Waals surface area contributed by atoms with Crippen LogP contribution in [0.4, 0.5) is 0 Å². The Balaban J connectivity index is 1.75. The van der Waals surface area contributed by atoms with Crippen molar-refractivity contribution in [1.29, 1.82) is 0 Å². The second-order valence-electron chi connectivity index (χ2n) is 7.04. The molecule has 17 heavy (non-hydrogen) atoms. The first-order valence-electron chi connectivity index (χ1n) is 7.00. The van der Waals surface area contributed by atoms with Crippen LogP contribution in [-0.2, 0) is 9.47 Å². The smallest absolute Gasteiger partial charge is 0.171 e. The normalized spacial score (nSPS) is 54.7. The first kappa shape index (κ1) is 10.8. The van der Waals surface area contributed by atoms with Crippen molar-refractivity contribution in [3.05, 3.63) is 0 Å². The molecule has 4 saturated carbocycles. The minimum Gasteiger partial charge on any atom is -0.396 e. The third-order valence-electron chi connectivity index (χ3n) is 6.22. The molecule has 1 aliphatic heterocycles. The van der Waals surface area contributed by atoms with Gasteiger partial charge < -0.3 is 14.6 Å². The molecular weight excluding hydrogens is 216 g/mol. The van der Waals surface area contributed by atoms with E-state index in [4.69, 9.17) is 9.47 Å². The molecule has 96 valence electrons. The first-order chi connectivity index (χ1) is 8.12. The van der Waals surface area contributed by atoms with Gasteiger partial charge >= 0.3 is 0 Å². The SMILES string of the molecule is CC1(C23CC4CC2CC(CO)(C4)C3)OCCO1. The van der Waals surface area contributed by atoms with Gasteiger partial charge in [-0.1, -0.05) is 0 Å². The van der Waals surface area contributed by atoms with Crippen LogP contribution >= 0.6 is 0 Å². The lowest BCUT2D eigenvalue weighted by molar-refractivity contribution is -0.237. The van der Waals surface area contributed by atoms with E-state index in [9.17, 15) is 5.11 Å². The van der Waals surface area contributed by atoms with Gasteiger partial charge in [0.2, 0.25) is 0 Å². The highest BCUT2D eigenvalue weighted by atomic mass is 16.7. The fourth-order valence-corrected chi connectivity index (χ4v) is 5.78. The highest BCUT2D eigenvalue weighted by Gasteiger charge is 2.71. The van der Waals surface area contributed by atoms with Crippen molar-refractivity contribution in [3.63, 3.8) is 0 Å². The highest BCUT2D eigenvalue weighted by Crippen LogP contribution is 2.74. The second-order valence-corrected chi connectivity index (χ2v) is 7.04. The number of ether oxygens (including phenoxy) is 2. The van der Waals surface area contributed by atoms with Gasteiger partial charge in [0, 0.05) is 12.0 Å². The first-order valence-corrected chi connectivity index (χ1v) is 7.00. The third kappa shape index (κ3) is 1.14. The van der Waals surface area contributed by atoms with Crippen LogP contribution in [0.1, 0.15) is 39.0 Å². The minimum atomic E-state index is -0.371. The van der Waals surface area contributed by atoms with Crippen LogP contribution in [0.15, 0.2) is 0 Å². The summed E-state index contributed by atoms with van der Waals surface area (Å²) in [5.74, 6) is 1.15. The van der Waals surface area contributed by atoms with Crippen molar-refractivity contribution < 1.29 is 14.6 Å². The number of hydrogen-bond acceptors (Lipinski definition) is 3. The summed E-state index contributed by atoms with van der Waals surface area (Å²) in [7, 11) is 0. The summed E-state index contributed by atoms with van der Waals surface area (Å²) in [6.07, 6.45) is 6.15. The molecule has 0 radical (unpaired) electrons. The van der Waals surface area contributed by atoms with E-state index in [0.717, 1.165) is 31.5 Å². The minimum absolute atomic E-state index is 0.199. The molecule has 4 atom stereocenters. The van der Waals surface area contributed by atoms with E-state index in [1.165, 1.54) is 25.7 Å². The number of aliphatic hydroxyl groups excluding tert-OH is 1. The topological polar surface area (TPSA) is 38.7 Å². The summed E-state index contributed by atoms with van der Waals surface area (Å²) < 4.78 is 12.0. The average molecular weight is 238 g/mol. The Bertz CT molecular complexity index is 349. The Morgan fingerprint density at radius 1 is 1.18 bits per heavy atom. The molecule has 3 nitrogen and oxygen atoms in total. The van der Waals surface area contributed by atoms with Gasteiger partial charge in [-0.3, -0.25) is 0 Å². The zero-order valence-corrected chi connectivity index (χ0v) is 10.6. The predicted octanol–water partition coefficient (Wildman–Crippen LogP) is 1.94. The average Bonchev–Trinajstić information content (AvgIpc) is 2.91. The van der Waals surface area contributed by atoms with Gasteiger partial charge in [-0.2, -0.15) is 0 Å². The molecule has 5 aliphatic rings. The molecule has 1 saturated heterocycles. The Kier molecular flexibility index (Phi) is 1.94. The number of hydrogen-bond donors (Lipinski definition) is 1. The Labute approximate surface area is 102 Å². The zero-order valence-electron chi connectivity index (χ0n) is 10.6. The summed E-state index contributed by atoms with van der Waals surface area (Å²) >= 11 is 0. The molecule has 0 amide bonds. The number of aliphatic hydroxyl groups is 1. The van der Waals surface area contributed by atoms with Crippen molar-refractivity contribution in [2.75, 3.05) is 19.8 Å². The van der Waals surface area contributed by atoms with Crippen molar-refractivity contribution in [1.82, 2.24) is 0 Å². The maximum absolute atomic E-state index is 9.77. The molecule has 1 heterocycles. The monoisotopic (exact) mass is 238 g/mol. The molecule has 0 aromatic carbocycles. The molecule has 0 aromatic rings. The lowest BCUT2D eigenvalue weighted by atomic mass is 9.65. The van der Waals surface area contributed by atoms with E-state index in [1.54, 1.807) is 0 Å². The lowest BCUT2D eigenvalue weighted by Gasteiger charge is -2.46. The van der Waals surface area contributed by atoms with Gasteiger partial charge in [-0.25, -0.2) is 0 Å². The van der Waals surface area contributed by atoms with Crippen LogP contribution in [0, 0.1) is 22.7 Å². The van der Waals surface area contributed by atoms with Gasteiger partial charge in [0.1, 0.15) is 0 Å². The van der Waals surface area contributed by atoms with E-state index in [0.29, 0.717) is 6.61 Å². The van der Waals surface area contributed by atoms with Crippen molar-refractivity contribution >= 4 is 0 Å². The van der Waals surface area contributed by atoms with E-state index >= 15 is 0 Å². The quantitative estimate of drug-likeness (QED) is 0.799. The van der Waals surface area contributed by atoms with Gasteiger partial charge in [-0.05, 0) is 56.3 Å². The largest absolute Gasteiger partial charge is 0.396 e. The van der Waals surface area contributed by atoms with E-state index in [1.807, 2.05) is 0 Å². The standard InChI is InChI=1S/C14H22O3/c1-12(16-2-3-17-12)14-6-10-4-11(14)7-13(5-10,8-14)9-15/h10-11,15H,2-9H2,1H3. The number of rotatable bonds is 2. The Morgan fingerprint density at radius 3 is 2.65 bits per heavy atom. The fourth-order valence-electron chi connectivity index (χ4n) is 5.78. The van der Waals surface area contributed by atoms with Crippen LogP contribution in [0.2, 0.25) is 0 Å². The van der Waals surface area contributed by atoms with Gasteiger partial charge in [-0.15, -0.1) is 0 Å². The summed E-state index contributed by atoms with van der Waals surface area (Å²) in [6.45, 7) is 3.98. The Morgan fingerprint density at radius 2 is 1.94 bits per heavy atom. The molecular formula is C14H22O3. The van der Waals surface area contributed by atoms with E-state index < -0.39 is 0 Å². The van der Waals surface area contributed by atoms with Crippen LogP contribution in [0.3, 0.4) is 0 Å². The molecule has 0 aromatic heterocycles. The van der Waals surface area contributed by atoms with Crippen molar-refractivity contribution in [3.8, 4) is 0 Å². The highest BCUT2D eigenvalue weighted by molar-refractivity contribution is 5.17. The van der Waals surface area contributed by atoms with Crippen LogP contribution in [-0.4, -0.2) is 30.7 Å². The summed E-state index contributed by atoms with van der Waals surface area (Å²) in [4.78, 5) is 0. The lowest BCUT2D eigenvalue weighted by Crippen LogP contribution is -2.49. The summed E-state index contributed by atoms with van der Waals surface area (Å²) in [5.41, 5.74) is 0.402. The molecule has 1 N–H and O–H groups in total. The van der Waals surface area contributed by atoms with Crippen molar-refractivity contribution in [2.45, 2.75) is 44.8 Å². The Hall–Kier alpha value is -0.120. The van der Waals surface area contributed by atoms with E-state index in [2.05, 4.69) is 6.92 Å². The van der Waals surface area contributed by atoms with Crippen LogP contribution < -0.4 is 0 Å². The van der Waals surface area contributed by atoms with Crippen LogP contribution in [0.25, 0.3) is 0 Å². The van der Waals surface area contributed by atoms with E-state index in [-0.39, 0.29) is 16.6 Å². The molecule has 4 bridgehead atoms. The third-order valence-corrected chi connectivity index (χ3v) is 6.22. The maximum Gasteiger partial charge on any atom is 0.171 e. The van der Waals surface area contributed by atoms with Gasteiger partial charge in [0.15, 0.2) is 5.79 Å². The summed E-state index contributed by atoms with van der Waals surface area (Å²) in [6, 6.07) is 0. The maximum atomic E-state index is 9.77.